The van der Waals surface area contributed by atoms with Gasteiger partial charge >= 0.3 is 0 Å². The van der Waals surface area contributed by atoms with Gasteiger partial charge < -0.3 is 10.6 Å². The van der Waals surface area contributed by atoms with Crippen molar-refractivity contribution in [1.29, 1.82) is 0 Å². The number of rotatable bonds is 5. The highest BCUT2D eigenvalue weighted by Gasteiger charge is 2.25. The zero-order valence-electron chi connectivity index (χ0n) is 10.0. The molecule has 1 aromatic rings. The Balaban J connectivity index is 2.23. The van der Waals surface area contributed by atoms with Crippen LogP contribution in [0, 0.1) is 5.92 Å². The van der Waals surface area contributed by atoms with Gasteiger partial charge in [-0.3, -0.25) is 0 Å². The first-order valence-electron chi connectivity index (χ1n) is 6.11. The van der Waals surface area contributed by atoms with Gasteiger partial charge in [-0.2, -0.15) is 0 Å². The minimum atomic E-state index is 0.524. The highest BCUT2D eigenvalue weighted by Crippen LogP contribution is 2.36. The monoisotopic (exact) mass is 272 g/mol. The molecule has 17 heavy (non-hydrogen) atoms. The molecule has 0 amide bonds. The quantitative estimate of drug-likeness (QED) is 0.814. The second-order valence-corrected chi connectivity index (χ2v) is 5.53. The first-order valence-corrected chi connectivity index (χ1v) is 6.87. The molecule has 0 atom stereocenters. The number of nitrogens with two attached hydrogens (primary N) is 1. The maximum Gasteiger partial charge on any atom is 0.0616 e. The van der Waals surface area contributed by atoms with E-state index in [4.69, 9.17) is 28.9 Å². The summed E-state index contributed by atoms with van der Waals surface area (Å²) in [5.74, 6) is 0.829. The molecule has 0 spiro atoms. The molecule has 4 heteroatoms. The molecule has 2 nitrogen and oxygen atoms in total. The highest BCUT2D eigenvalue weighted by molar-refractivity contribution is 6.42. The maximum absolute atomic E-state index is 6.07. The van der Waals surface area contributed by atoms with Crippen LogP contribution in [0.25, 0.3) is 0 Å². The molecule has 0 aromatic heterocycles. The van der Waals surface area contributed by atoms with Gasteiger partial charge in [0.25, 0.3) is 0 Å². The van der Waals surface area contributed by atoms with E-state index < -0.39 is 0 Å². The third kappa shape index (κ3) is 3.20. The second-order valence-electron chi connectivity index (χ2n) is 4.71. The summed E-state index contributed by atoms with van der Waals surface area (Å²) >= 11 is 12.0. The fourth-order valence-corrected chi connectivity index (χ4v) is 2.35. The van der Waals surface area contributed by atoms with Crippen LogP contribution in [-0.2, 0) is 0 Å². The largest absolute Gasteiger partial charge is 0.397 e. The lowest BCUT2D eigenvalue weighted by Crippen LogP contribution is -2.27. The predicted octanol–water partition coefficient (Wildman–Crippen LogP) is 4.20. The number of nitrogens with zero attached hydrogens (tertiary/aromatic N) is 1. The van der Waals surface area contributed by atoms with E-state index in [0.717, 1.165) is 31.1 Å². The van der Waals surface area contributed by atoms with Gasteiger partial charge in [-0.15, -0.1) is 0 Å². The zero-order valence-corrected chi connectivity index (χ0v) is 11.6. The minimum absolute atomic E-state index is 0.524. The molecule has 0 unspecified atom stereocenters. The van der Waals surface area contributed by atoms with Crippen molar-refractivity contribution in [1.82, 2.24) is 0 Å². The summed E-state index contributed by atoms with van der Waals surface area (Å²) in [6.07, 6.45) is 3.77. The van der Waals surface area contributed by atoms with Crippen LogP contribution in [0.2, 0.25) is 10.0 Å². The van der Waals surface area contributed by atoms with Crippen LogP contribution in [0.3, 0.4) is 0 Å². The molecule has 94 valence electrons. The van der Waals surface area contributed by atoms with Crippen molar-refractivity contribution in [3.05, 3.63) is 22.2 Å². The minimum Gasteiger partial charge on any atom is -0.397 e. The highest BCUT2D eigenvalue weighted by atomic mass is 35.5. The topological polar surface area (TPSA) is 29.3 Å². The van der Waals surface area contributed by atoms with E-state index in [-0.39, 0.29) is 0 Å². The molecule has 2 rings (SSSR count). The lowest BCUT2D eigenvalue weighted by molar-refractivity contribution is 0.709. The van der Waals surface area contributed by atoms with Crippen molar-refractivity contribution >= 4 is 34.6 Å². The second kappa shape index (κ2) is 5.36. The molecule has 0 bridgehead atoms. The molecule has 0 radical (unpaired) electrons. The maximum atomic E-state index is 6.07. The van der Waals surface area contributed by atoms with Crippen molar-refractivity contribution < 1.29 is 0 Å². The number of nitrogen functional groups attached to an aromatic ring is 1. The van der Waals surface area contributed by atoms with Crippen molar-refractivity contribution in [2.24, 2.45) is 5.92 Å². The fraction of sp³-hybridized carbons (Fsp3) is 0.538. The molecule has 1 saturated carbocycles. The van der Waals surface area contributed by atoms with E-state index in [1.165, 1.54) is 12.8 Å². The molecule has 1 aliphatic rings. The summed E-state index contributed by atoms with van der Waals surface area (Å²) in [6.45, 7) is 4.27. The molecule has 2 N–H and O–H groups in total. The van der Waals surface area contributed by atoms with Crippen LogP contribution in [0.1, 0.15) is 26.2 Å². The Bertz CT molecular complexity index is 403. The SMILES string of the molecule is CCCN(CC1CC1)c1cc(Cl)c(Cl)cc1N. The average molecular weight is 273 g/mol. The van der Waals surface area contributed by atoms with E-state index in [2.05, 4.69) is 11.8 Å². The molecule has 1 fully saturated rings. The smallest absolute Gasteiger partial charge is 0.0616 e. The van der Waals surface area contributed by atoms with Crippen molar-refractivity contribution in [2.45, 2.75) is 26.2 Å². The summed E-state index contributed by atoms with van der Waals surface area (Å²) < 4.78 is 0. The predicted molar refractivity (Wildman–Crippen MR) is 76.1 cm³/mol. The molecule has 0 heterocycles. The average Bonchev–Trinajstić information content (AvgIpc) is 3.07. The van der Waals surface area contributed by atoms with E-state index in [1.54, 1.807) is 6.07 Å². The molecular weight excluding hydrogens is 255 g/mol. The number of halogens is 2. The van der Waals surface area contributed by atoms with Crippen LogP contribution in [0.15, 0.2) is 12.1 Å². The number of benzene rings is 1. The standard InChI is InChI=1S/C13H18Cl2N2/c1-2-5-17(8-9-3-4-9)13-7-11(15)10(14)6-12(13)16/h6-7,9H,2-5,8,16H2,1H3. The lowest BCUT2D eigenvalue weighted by atomic mass is 10.2. The van der Waals surface area contributed by atoms with Gasteiger partial charge in [-0.25, -0.2) is 0 Å². The third-order valence-electron chi connectivity index (χ3n) is 3.08. The van der Waals surface area contributed by atoms with Crippen LogP contribution in [-0.4, -0.2) is 13.1 Å². The van der Waals surface area contributed by atoms with Crippen LogP contribution < -0.4 is 10.6 Å². The molecule has 1 aromatic carbocycles. The van der Waals surface area contributed by atoms with Gasteiger partial charge in [-0.1, -0.05) is 30.1 Å². The summed E-state index contributed by atoms with van der Waals surface area (Å²) in [5.41, 5.74) is 7.77. The lowest BCUT2D eigenvalue weighted by Gasteiger charge is -2.26. The molecule has 0 saturated heterocycles. The Kier molecular flexibility index (Phi) is 4.05. The van der Waals surface area contributed by atoms with Crippen LogP contribution >= 0.6 is 23.2 Å². The van der Waals surface area contributed by atoms with Gasteiger partial charge in [0, 0.05) is 13.1 Å². The van der Waals surface area contributed by atoms with E-state index in [0.29, 0.717) is 15.7 Å². The van der Waals surface area contributed by atoms with Gasteiger partial charge in [0.2, 0.25) is 0 Å². The van der Waals surface area contributed by atoms with E-state index in [9.17, 15) is 0 Å². The summed E-state index contributed by atoms with van der Waals surface area (Å²) in [6, 6.07) is 3.63. The van der Waals surface area contributed by atoms with Gasteiger partial charge in [0.15, 0.2) is 0 Å². The fourth-order valence-electron chi connectivity index (χ4n) is 2.02. The van der Waals surface area contributed by atoms with Gasteiger partial charge in [-0.05, 0) is 37.3 Å². The van der Waals surface area contributed by atoms with E-state index >= 15 is 0 Å². The van der Waals surface area contributed by atoms with Crippen molar-refractivity contribution in [3.63, 3.8) is 0 Å². The van der Waals surface area contributed by atoms with Crippen molar-refractivity contribution in [3.8, 4) is 0 Å². The number of hydrogen-bond donors (Lipinski definition) is 1. The normalized spacial score (nSPS) is 15.0. The van der Waals surface area contributed by atoms with Crippen LogP contribution in [0.5, 0.6) is 0 Å². The Hall–Kier alpha value is -0.600. The Morgan fingerprint density at radius 3 is 2.53 bits per heavy atom. The zero-order chi connectivity index (χ0) is 12.4. The Morgan fingerprint density at radius 1 is 1.29 bits per heavy atom. The summed E-state index contributed by atoms with van der Waals surface area (Å²) in [7, 11) is 0. The third-order valence-corrected chi connectivity index (χ3v) is 3.80. The van der Waals surface area contributed by atoms with Crippen LogP contribution in [0.4, 0.5) is 11.4 Å². The number of anilines is 2. The molecule has 1 aliphatic carbocycles. The summed E-state index contributed by atoms with van der Waals surface area (Å²) in [4.78, 5) is 2.33. The van der Waals surface area contributed by atoms with Crippen molar-refractivity contribution in [2.75, 3.05) is 23.7 Å². The Morgan fingerprint density at radius 2 is 1.94 bits per heavy atom. The molecule has 0 aliphatic heterocycles. The van der Waals surface area contributed by atoms with Gasteiger partial charge in [0.05, 0.1) is 21.4 Å². The number of hydrogen-bond acceptors (Lipinski definition) is 2. The van der Waals surface area contributed by atoms with Gasteiger partial charge in [0.1, 0.15) is 0 Å². The molecular formula is C13H18Cl2N2. The Labute approximate surface area is 113 Å². The first-order chi connectivity index (χ1) is 8.11. The van der Waals surface area contributed by atoms with E-state index in [1.807, 2.05) is 6.07 Å². The first kappa shape index (κ1) is 12.8. The summed E-state index contributed by atoms with van der Waals surface area (Å²) in [5, 5.41) is 1.10.